The van der Waals surface area contributed by atoms with E-state index in [1.165, 1.54) is 48.1 Å². The molecule has 0 aliphatic carbocycles. The average molecular weight is 510 g/mol. The number of aromatic nitrogens is 3. The molecule has 174 valence electrons. The van der Waals surface area contributed by atoms with Crippen molar-refractivity contribution in [3.63, 3.8) is 0 Å². The maximum absolute atomic E-state index is 13.0. The van der Waals surface area contributed by atoms with Gasteiger partial charge in [0, 0.05) is 48.4 Å². The summed E-state index contributed by atoms with van der Waals surface area (Å²) in [4.78, 5) is 43.4. The molecule has 0 bridgehead atoms. The lowest BCUT2D eigenvalue weighted by Gasteiger charge is -2.54. The Labute approximate surface area is 200 Å². The molecule has 14 heteroatoms. The van der Waals surface area contributed by atoms with Crippen LogP contribution in [0, 0.1) is 10.6 Å². The normalized spacial score (nSPS) is 25.0. The molecule has 0 spiro atoms. The van der Waals surface area contributed by atoms with Crippen molar-refractivity contribution < 1.29 is 28.9 Å². The van der Waals surface area contributed by atoms with Crippen LogP contribution in [0.4, 0.5) is 0 Å². The number of nitrogens with zero attached hydrogens (tertiary/aromatic N) is 5. The molecular formula is C19H19N5O6S3. The van der Waals surface area contributed by atoms with Gasteiger partial charge in [-0.05, 0) is 12.1 Å². The topological polar surface area (TPSA) is 154 Å². The molecular weight excluding hydrogens is 490 g/mol. The Hall–Kier alpha value is -2.55. The van der Waals surface area contributed by atoms with E-state index in [0.29, 0.717) is 9.87 Å². The molecule has 2 amide bonds. The van der Waals surface area contributed by atoms with Crippen molar-refractivity contribution in [2.24, 2.45) is 5.41 Å². The molecule has 0 aromatic carbocycles. The Bertz CT molecular complexity index is 1080. The zero-order chi connectivity index (χ0) is 23.8. The van der Waals surface area contributed by atoms with Gasteiger partial charge in [0.1, 0.15) is 22.2 Å². The van der Waals surface area contributed by atoms with Crippen LogP contribution >= 0.6 is 23.5 Å². The summed E-state index contributed by atoms with van der Waals surface area (Å²) in [6.45, 7) is 1.17. The number of amides is 2. The number of pyridine rings is 1. The lowest BCUT2D eigenvalue weighted by Crippen LogP contribution is -2.75. The number of carbonyl (C=O) groups is 3. The second-order valence-electron chi connectivity index (χ2n) is 7.50. The van der Waals surface area contributed by atoms with Crippen LogP contribution in [0.5, 0.6) is 0 Å². The summed E-state index contributed by atoms with van der Waals surface area (Å²) < 4.78 is 14.0. The molecule has 2 aliphatic heterocycles. The second kappa shape index (κ2) is 9.37. The number of fused-ring (bicyclic) bond motifs is 1. The van der Waals surface area contributed by atoms with E-state index < -0.39 is 46.0 Å². The monoisotopic (exact) mass is 509 g/mol. The van der Waals surface area contributed by atoms with Crippen molar-refractivity contribution in [3.05, 3.63) is 47.9 Å². The molecule has 2 aliphatic rings. The number of carboxylic acid groups (broad SMARTS) is 1. The standard InChI is InChI=1S/C19H19N5O6S3/c1-12(25)24(33(30)14-6-2-3-7-20-14)15-16(26)22-9-19(18(27)28,11-32-17(15)22)10-31-13-5-4-8-23(29)21-13/h2-8,15,17H,9-11H2,1H3,(H,27,28)/t15?,17-,19?,33?/m1/s1. The Balaban J connectivity index is 1.50. The van der Waals surface area contributed by atoms with Gasteiger partial charge in [-0.15, -0.1) is 16.1 Å². The lowest BCUT2D eigenvalue weighted by molar-refractivity contribution is -0.673. The fourth-order valence-electron chi connectivity index (χ4n) is 3.58. The van der Waals surface area contributed by atoms with Crippen LogP contribution in [-0.2, 0) is 25.7 Å². The summed E-state index contributed by atoms with van der Waals surface area (Å²) in [7, 11) is 0. The summed E-state index contributed by atoms with van der Waals surface area (Å²) in [6, 6.07) is 6.95. The van der Waals surface area contributed by atoms with Crippen molar-refractivity contribution in [1.82, 2.24) is 19.3 Å². The molecule has 11 nitrogen and oxygen atoms in total. The Morgan fingerprint density at radius 2 is 2.21 bits per heavy atom. The number of hydrogen-bond acceptors (Lipinski definition) is 9. The highest BCUT2D eigenvalue weighted by molar-refractivity contribution is 8.00. The van der Waals surface area contributed by atoms with E-state index in [4.69, 9.17) is 0 Å². The third-order valence-corrected chi connectivity index (χ3v) is 9.50. The molecule has 0 radical (unpaired) electrons. The smallest absolute Gasteiger partial charge is 0.313 e. The van der Waals surface area contributed by atoms with E-state index in [0.717, 1.165) is 16.1 Å². The summed E-state index contributed by atoms with van der Waals surface area (Å²) in [5.41, 5.74) is -1.26. The minimum atomic E-state index is -1.97. The van der Waals surface area contributed by atoms with Crippen LogP contribution in [0.25, 0.3) is 0 Å². The predicted molar refractivity (Wildman–Crippen MR) is 119 cm³/mol. The van der Waals surface area contributed by atoms with E-state index in [1.54, 1.807) is 18.2 Å². The summed E-state index contributed by atoms with van der Waals surface area (Å²) >= 11 is 0.384. The average Bonchev–Trinajstić information content (AvgIpc) is 2.80. The molecule has 4 rings (SSSR count). The number of carbonyl (C=O) groups excluding carboxylic acids is 2. The van der Waals surface area contributed by atoms with Crippen molar-refractivity contribution in [2.45, 2.75) is 28.4 Å². The van der Waals surface area contributed by atoms with Gasteiger partial charge in [-0.25, -0.2) is 4.98 Å². The fourth-order valence-corrected chi connectivity index (χ4v) is 7.62. The Morgan fingerprint density at radius 1 is 1.42 bits per heavy atom. The molecule has 4 atom stereocenters. The van der Waals surface area contributed by atoms with E-state index in [9.17, 15) is 29.3 Å². The van der Waals surface area contributed by atoms with Crippen molar-refractivity contribution in [1.29, 1.82) is 0 Å². The summed E-state index contributed by atoms with van der Waals surface area (Å²) in [5.74, 6) is -1.79. The third kappa shape index (κ3) is 4.47. The number of hydrogen-bond donors (Lipinski definition) is 1. The minimum absolute atomic E-state index is 0.0610. The van der Waals surface area contributed by atoms with Gasteiger partial charge < -0.3 is 19.8 Å². The van der Waals surface area contributed by atoms with Crippen LogP contribution in [0.3, 0.4) is 0 Å². The van der Waals surface area contributed by atoms with Gasteiger partial charge in [0.05, 0.1) is 0 Å². The first-order valence-electron chi connectivity index (χ1n) is 9.71. The Kier molecular flexibility index (Phi) is 6.70. The van der Waals surface area contributed by atoms with E-state index >= 15 is 0 Å². The number of thioether (sulfide) groups is 2. The molecule has 2 fully saturated rings. The van der Waals surface area contributed by atoms with Crippen LogP contribution in [0.1, 0.15) is 6.92 Å². The van der Waals surface area contributed by atoms with Crippen molar-refractivity contribution in [2.75, 3.05) is 18.1 Å². The van der Waals surface area contributed by atoms with Gasteiger partial charge in [-0.1, -0.05) is 22.7 Å². The van der Waals surface area contributed by atoms with Crippen LogP contribution in [-0.4, -0.2) is 76.2 Å². The van der Waals surface area contributed by atoms with Crippen molar-refractivity contribution >= 4 is 52.7 Å². The molecule has 33 heavy (non-hydrogen) atoms. The summed E-state index contributed by atoms with van der Waals surface area (Å²) in [5, 5.41) is 25.1. The first-order chi connectivity index (χ1) is 15.7. The van der Waals surface area contributed by atoms with E-state index in [1.807, 2.05) is 0 Å². The zero-order valence-corrected chi connectivity index (χ0v) is 19.7. The molecule has 2 aromatic heterocycles. The third-order valence-electron chi connectivity index (χ3n) is 5.27. The van der Waals surface area contributed by atoms with Gasteiger partial charge in [0.15, 0.2) is 11.1 Å². The highest BCUT2D eigenvalue weighted by atomic mass is 32.2. The molecule has 2 aromatic rings. The van der Waals surface area contributed by atoms with Gasteiger partial charge in [-0.3, -0.25) is 14.4 Å². The van der Waals surface area contributed by atoms with Gasteiger partial charge in [0.25, 0.3) is 16.8 Å². The summed E-state index contributed by atoms with van der Waals surface area (Å²) in [6.07, 6.45) is 2.68. The van der Waals surface area contributed by atoms with Crippen LogP contribution < -0.4 is 4.85 Å². The molecule has 1 N–H and O–H groups in total. The minimum Gasteiger partial charge on any atom is -0.594 e. The van der Waals surface area contributed by atoms with Gasteiger partial charge in [0.2, 0.25) is 6.20 Å². The molecule has 2 saturated heterocycles. The maximum Gasteiger partial charge on any atom is 0.313 e. The quantitative estimate of drug-likeness (QED) is 0.179. The fraction of sp³-hybridized carbons (Fsp3) is 0.368. The SMILES string of the molecule is CC(=O)N(C1C(=O)N2CC(CSc3ccc[n+]([O-])n3)(C(=O)O)CS[C@H]12)[S+]([O-])c1ccccn1. The number of rotatable bonds is 7. The largest absolute Gasteiger partial charge is 0.594 e. The van der Waals surface area contributed by atoms with E-state index in [-0.39, 0.29) is 23.1 Å². The molecule has 4 heterocycles. The van der Waals surface area contributed by atoms with Gasteiger partial charge in [-0.2, -0.15) is 0 Å². The van der Waals surface area contributed by atoms with Crippen molar-refractivity contribution in [3.8, 4) is 0 Å². The second-order valence-corrected chi connectivity index (χ2v) is 10.9. The molecule has 3 unspecified atom stereocenters. The lowest BCUT2D eigenvalue weighted by atomic mass is 9.89. The number of β-lactam (4-membered cyclic amide) rings is 1. The van der Waals surface area contributed by atoms with Crippen LogP contribution in [0.15, 0.2) is 52.8 Å². The first-order valence-corrected chi connectivity index (χ1v) is 12.9. The first kappa shape index (κ1) is 23.6. The molecule has 0 saturated carbocycles. The van der Waals surface area contributed by atoms with E-state index in [2.05, 4.69) is 10.1 Å². The highest BCUT2D eigenvalue weighted by Gasteiger charge is 2.62. The predicted octanol–water partition coefficient (Wildman–Crippen LogP) is 0.128. The highest BCUT2D eigenvalue weighted by Crippen LogP contribution is 2.46. The Morgan fingerprint density at radius 3 is 2.85 bits per heavy atom. The maximum atomic E-state index is 13.0. The van der Waals surface area contributed by atoms with Crippen LogP contribution in [0.2, 0.25) is 0 Å². The number of carboxylic acids is 1. The number of aliphatic carboxylic acids is 1. The van der Waals surface area contributed by atoms with Gasteiger partial charge >= 0.3 is 5.97 Å². The zero-order valence-electron chi connectivity index (χ0n) is 17.3.